The SMILES string of the molecule is CC(SC1COC(/C=C/C=C/c2ccc(F)cc2F)OC1)C(O)(Cn1cncn1)c1ccc(F)cc1F. The van der Waals surface area contributed by atoms with Gasteiger partial charge in [0.05, 0.1) is 25.0 Å². The van der Waals surface area contributed by atoms with Gasteiger partial charge in [-0.15, -0.1) is 11.8 Å². The van der Waals surface area contributed by atoms with E-state index in [4.69, 9.17) is 9.47 Å². The van der Waals surface area contributed by atoms with Gasteiger partial charge in [0.25, 0.3) is 0 Å². The molecule has 1 N–H and O–H groups in total. The highest BCUT2D eigenvalue weighted by Crippen LogP contribution is 2.38. The largest absolute Gasteiger partial charge is 0.382 e. The van der Waals surface area contributed by atoms with Crippen LogP contribution in [0.4, 0.5) is 17.6 Å². The van der Waals surface area contributed by atoms with Crippen LogP contribution in [0, 0.1) is 23.3 Å². The molecule has 0 spiro atoms. The second kappa shape index (κ2) is 12.0. The van der Waals surface area contributed by atoms with Gasteiger partial charge in [0, 0.05) is 28.5 Å². The van der Waals surface area contributed by atoms with Crippen molar-refractivity contribution in [2.75, 3.05) is 13.2 Å². The van der Waals surface area contributed by atoms with Gasteiger partial charge in [0.15, 0.2) is 6.29 Å². The molecule has 1 aromatic heterocycles. The van der Waals surface area contributed by atoms with Crippen LogP contribution in [0.15, 0.2) is 67.3 Å². The van der Waals surface area contributed by atoms with Gasteiger partial charge in [-0.3, -0.25) is 0 Å². The molecule has 2 atom stereocenters. The summed E-state index contributed by atoms with van der Waals surface area (Å²) in [5.74, 6) is -2.90. The minimum Gasteiger partial charge on any atom is -0.382 e. The molecule has 0 bridgehead atoms. The van der Waals surface area contributed by atoms with Crippen molar-refractivity contribution in [1.82, 2.24) is 14.8 Å². The summed E-state index contributed by atoms with van der Waals surface area (Å²) in [6.07, 6.45) is 8.47. The Balaban J connectivity index is 1.36. The lowest BCUT2D eigenvalue weighted by atomic mass is 9.90. The maximum Gasteiger partial charge on any atom is 0.177 e. The molecule has 0 aliphatic carbocycles. The smallest absolute Gasteiger partial charge is 0.177 e. The number of benzene rings is 2. The molecular weight excluding hydrogens is 510 g/mol. The van der Waals surface area contributed by atoms with E-state index in [1.807, 2.05) is 0 Å². The number of nitrogens with zero attached hydrogens (tertiary/aromatic N) is 3. The van der Waals surface area contributed by atoms with E-state index in [1.54, 1.807) is 25.2 Å². The van der Waals surface area contributed by atoms with Crippen LogP contribution in [0.3, 0.4) is 0 Å². The van der Waals surface area contributed by atoms with E-state index in [2.05, 4.69) is 10.1 Å². The van der Waals surface area contributed by atoms with Crippen molar-refractivity contribution < 1.29 is 32.1 Å². The van der Waals surface area contributed by atoms with Crippen molar-refractivity contribution in [3.05, 3.63) is 102 Å². The topological polar surface area (TPSA) is 69.4 Å². The molecule has 3 aromatic rings. The Kier molecular flexibility index (Phi) is 8.80. The average molecular weight is 536 g/mol. The van der Waals surface area contributed by atoms with Crippen LogP contribution in [0.2, 0.25) is 0 Å². The van der Waals surface area contributed by atoms with E-state index < -0.39 is 40.4 Å². The second-order valence-corrected chi connectivity index (χ2v) is 10.1. The highest BCUT2D eigenvalue weighted by molar-refractivity contribution is 8.00. The molecule has 37 heavy (non-hydrogen) atoms. The third-order valence-electron chi connectivity index (χ3n) is 5.85. The Hall–Kier alpha value is -2.99. The molecular formula is C26H25F4N3O3S. The van der Waals surface area contributed by atoms with Gasteiger partial charge in [-0.25, -0.2) is 27.2 Å². The number of thioether (sulfide) groups is 1. The third kappa shape index (κ3) is 6.86. The number of hydrogen-bond acceptors (Lipinski definition) is 6. The molecule has 2 heterocycles. The van der Waals surface area contributed by atoms with Crippen LogP contribution in [0.5, 0.6) is 0 Å². The van der Waals surface area contributed by atoms with E-state index in [0.29, 0.717) is 13.2 Å². The number of allylic oxidation sites excluding steroid dienone is 2. The Morgan fingerprint density at radius 2 is 1.78 bits per heavy atom. The van der Waals surface area contributed by atoms with E-state index in [-0.39, 0.29) is 22.9 Å². The van der Waals surface area contributed by atoms with Crippen LogP contribution < -0.4 is 0 Å². The zero-order chi connectivity index (χ0) is 26.4. The molecule has 1 aliphatic rings. The summed E-state index contributed by atoms with van der Waals surface area (Å²) < 4.78 is 67.8. The zero-order valence-corrected chi connectivity index (χ0v) is 20.6. The molecule has 6 nitrogen and oxygen atoms in total. The summed E-state index contributed by atoms with van der Waals surface area (Å²) in [7, 11) is 0. The van der Waals surface area contributed by atoms with E-state index in [0.717, 1.165) is 18.2 Å². The summed E-state index contributed by atoms with van der Waals surface area (Å²) in [5, 5.41) is 14.9. The minimum atomic E-state index is -1.73. The molecule has 0 radical (unpaired) electrons. The summed E-state index contributed by atoms with van der Waals surface area (Å²) in [6.45, 7) is 2.25. The lowest BCUT2D eigenvalue weighted by molar-refractivity contribution is -0.146. The molecule has 196 valence electrons. The summed E-state index contributed by atoms with van der Waals surface area (Å²) in [6, 6.07) is 6.40. The summed E-state index contributed by atoms with van der Waals surface area (Å²) in [5.41, 5.74) is -1.53. The number of halogens is 4. The first kappa shape index (κ1) is 27.1. The lowest BCUT2D eigenvalue weighted by Crippen LogP contribution is -2.43. The number of ether oxygens (including phenoxy) is 2. The average Bonchev–Trinajstić information content (AvgIpc) is 3.36. The third-order valence-corrected chi connectivity index (χ3v) is 7.30. The van der Waals surface area contributed by atoms with Crippen molar-refractivity contribution in [2.45, 2.75) is 35.9 Å². The molecule has 2 aromatic carbocycles. The maximum absolute atomic E-state index is 14.7. The first-order valence-corrected chi connectivity index (χ1v) is 12.4. The number of aliphatic hydroxyl groups is 1. The Labute approximate surface area is 215 Å². The summed E-state index contributed by atoms with van der Waals surface area (Å²) in [4.78, 5) is 3.87. The lowest BCUT2D eigenvalue weighted by Gasteiger charge is -2.37. The van der Waals surface area contributed by atoms with Gasteiger partial charge >= 0.3 is 0 Å². The molecule has 1 saturated heterocycles. The van der Waals surface area contributed by atoms with Crippen molar-refractivity contribution in [3.63, 3.8) is 0 Å². The van der Waals surface area contributed by atoms with Crippen LogP contribution in [-0.2, 0) is 21.6 Å². The Morgan fingerprint density at radius 3 is 2.43 bits per heavy atom. The molecule has 2 unspecified atom stereocenters. The monoisotopic (exact) mass is 535 g/mol. The number of rotatable bonds is 9. The van der Waals surface area contributed by atoms with Crippen LogP contribution >= 0.6 is 11.8 Å². The minimum absolute atomic E-state index is 0.0489. The highest BCUT2D eigenvalue weighted by atomic mass is 32.2. The number of aromatic nitrogens is 3. The molecule has 4 rings (SSSR count). The van der Waals surface area contributed by atoms with Gasteiger partial charge in [-0.1, -0.05) is 31.2 Å². The fourth-order valence-electron chi connectivity index (χ4n) is 3.88. The van der Waals surface area contributed by atoms with E-state index in [9.17, 15) is 22.7 Å². The predicted octanol–water partition coefficient (Wildman–Crippen LogP) is 4.86. The maximum atomic E-state index is 14.7. The van der Waals surface area contributed by atoms with Crippen LogP contribution in [-0.4, -0.2) is 49.9 Å². The Bertz CT molecular complexity index is 1250. The normalized spacial score (nSPS) is 20.9. The van der Waals surface area contributed by atoms with Gasteiger partial charge in [-0.05, 0) is 24.3 Å². The predicted molar refractivity (Wildman–Crippen MR) is 131 cm³/mol. The molecule has 0 amide bonds. The Morgan fingerprint density at radius 1 is 1.08 bits per heavy atom. The molecule has 11 heteroatoms. The fourth-order valence-corrected chi connectivity index (χ4v) is 5.20. The van der Waals surface area contributed by atoms with Crippen molar-refractivity contribution in [3.8, 4) is 0 Å². The first-order chi connectivity index (χ1) is 17.7. The van der Waals surface area contributed by atoms with Crippen molar-refractivity contribution in [1.29, 1.82) is 0 Å². The highest BCUT2D eigenvalue weighted by Gasteiger charge is 2.41. The van der Waals surface area contributed by atoms with Crippen molar-refractivity contribution >= 4 is 17.8 Å². The van der Waals surface area contributed by atoms with Gasteiger partial charge in [0.1, 0.15) is 41.5 Å². The van der Waals surface area contributed by atoms with E-state index in [1.165, 1.54) is 53.4 Å². The quantitative estimate of drug-likeness (QED) is 0.312. The number of hydrogen-bond donors (Lipinski definition) is 1. The van der Waals surface area contributed by atoms with E-state index >= 15 is 0 Å². The standard InChI is InChI=1S/C26H25F4N3O3S/c1-17(26(34,14-33-16-31-15-32-33)22-9-8-20(28)11-24(22)30)37-21-12-35-25(36-13-21)5-3-2-4-18-6-7-19(27)10-23(18)29/h2-11,15-17,21,25,34H,12-14H2,1H3/b4-2+,5-3+. The molecule has 1 aliphatic heterocycles. The summed E-state index contributed by atoms with van der Waals surface area (Å²) >= 11 is 1.36. The van der Waals surface area contributed by atoms with Crippen LogP contribution in [0.25, 0.3) is 6.08 Å². The fraction of sp³-hybridized carbons (Fsp3) is 0.308. The second-order valence-electron chi connectivity index (χ2n) is 8.49. The molecule has 1 fully saturated rings. The van der Waals surface area contributed by atoms with Gasteiger partial charge in [0.2, 0.25) is 0 Å². The zero-order valence-electron chi connectivity index (χ0n) is 19.8. The van der Waals surface area contributed by atoms with Crippen LogP contribution in [0.1, 0.15) is 18.1 Å². The van der Waals surface area contributed by atoms with Crippen molar-refractivity contribution in [2.24, 2.45) is 0 Å². The van der Waals surface area contributed by atoms with Gasteiger partial charge < -0.3 is 14.6 Å². The first-order valence-electron chi connectivity index (χ1n) is 11.4. The molecule has 0 saturated carbocycles. The van der Waals surface area contributed by atoms with Gasteiger partial charge in [-0.2, -0.15) is 5.10 Å².